The fraction of sp³-hybridized carbons (Fsp3) is 0.0800. The van der Waals surface area contributed by atoms with Crippen molar-refractivity contribution in [3.05, 3.63) is 94.4 Å². The minimum absolute atomic E-state index is 0.208. The number of carbonyl (C=O) groups is 3. The van der Waals surface area contributed by atoms with Crippen LogP contribution in [0.5, 0.6) is 11.5 Å². The highest BCUT2D eigenvalue weighted by Crippen LogP contribution is 2.38. The van der Waals surface area contributed by atoms with E-state index in [1.165, 1.54) is 12.0 Å². The van der Waals surface area contributed by atoms with E-state index in [-0.39, 0.29) is 23.4 Å². The van der Waals surface area contributed by atoms with Crippen molar-refractivity contribution in [2.75, 3.05) is 7.11 Å². The molecule has 2 amide bonds. The number of halogens is 3. The quantitative estimate of drug-likeness (QED) is 0.118. The van der Waals surface area contributed by atoms with E-state index < -0.39 is 5.97 Å². The highest BCUT2D eigenvalue weighted by Gasteiger charge is 2.35. The van der Waals surface area contributed by atoms with Gasteiger partial charge in [0, 0.05) is 8.59 Å². The summed E-state index contributed by atoms with van der Waals surface area (Å²) in [5, 5.41) is 0.191. The van der Waals surface area contributed by atoms with Crippen LogP contribution in [0.1, 0.15) is 21.5 Å². The molecule has 0 spiro atoms. The number of esters is 1. The van der Waals surface area contributed by atoms with Gasteiger partial charge >= 0.3 is 5.97 Å². The molecule has 1 aliphatic heterocycles. The molecule has 0 atom stereocenters. The third kappa shape index (κ3) is 6.19. The maximum Gasteiger partial charge on any atom is 0.343 e. The van der Waals surface area contributed by atoms with Crippen molar-refractivity contribution in [1.29, 1.82) is 0 Å². The summed E-state index contributed by atoms with van der Waals surface area (Å²) in [7, 11) is 1.46. The van der Waals surface area contributed by atoms with Crippen molar-refractivity contribution in [2.45, 2.75) is 6.54 Å². The number of hydrogen-bond acceptors (Lipinski definition) is 6. The van der Waals surface area contributed by atoms with E-state index >= 15 is 0 Å². The Bertz CT molecular complexity index is 1340. The fourth-order valence-corrected chi connectivity index (χ4v) is 5.28. The molecule has 0 aliphatic carbocycles. The lowest BCUT2D eigenvalue weighted by molar-refractivity contribution is -0.123. The number of nitrogens with zero attached hydrogens (tertiary/aromatic N) is 1. The minimum atomic E-state index is -0.553. The van der Waals surface area contributed by atoms with Crippen molar-refractivity contribution in [1.82, 2.24) is 4.90 Å². The summed E-state index contributed by atoms with van der Waals surface area (Å²) in [4.78, 5) is 39.5. The first kappa shape index (κ1) is 26.0. The smallest absolute Gasteiger partial charge is 0.343 e. The lowest BCUT2D eigenvalue weighted by atomic mass is 10.1. The van der Waals surface area contributed by atoms with Crippen LogP contribution in [0.2, 0.25) is 5.02 Å². The Kier molecular flexibility index (Phi) is 8.40. The number of imide groups is 1. The molecule has 178 valence electrons. The van der Waals surface area contributed by atoms with E-state index in [0.29, 0.717) is 30.4 Å². The Hall–Kier alpha value is -2.09. The van der Waals surface area contributed by atoms with E-state index in [0.717, 1.165) is 20.9 Å². The van der Waals surface area contributed by atoms with Crippen LogP contribution in [-0.2, 0) is 11.3 Å². The van der Waals surface area contributed by atoms with Gasteiger partial charge in [0.25, 0.3) is 11.1 Å². The molecular weight excluding hydrogens is 716 g/mol. The van der Waals surface area contributed by atoms with Crippen LogP contribution in [0, 0.1) is 7.14 Å². The van der Waals surface area contributed by atoms with E-state index in [1.807, 2.05) is 46.9 Å². The van der Waals surface area contributed by atoms with Crippen molar-refractivity contribution in [2.24, 2.45) is 0 Å². The van der Waals surface area contributed by atoms with Gasteiger partial charge in [0.05, 0.1) is 27.7 Å². The standard InChI is InChI=1S/C25H16ClI2NO5S/c1-33-20-11-15(10-19(28)22(20)34-24(31)16-4-6-17(26)7-5-16)12-21-23(30)29(25(32)35-21)13-14-2-8-18(27)9-3-14/h2-12H,13H2,1H3/b21-12-. The van der Waals surface area contributed by atoms with Gasteiger partial charge in [0.1, 0.15) is 0 Å². The highest BCUT2D eigenvalue weighted by molar-refractivity contribution is 14.1. The van der Waals surface area contributed by atoms with Crippen molar-refractivity contribution < 1.29 is 23.9 Å². The molecule has 3 aromatic carbocycles. The lowest BCUT2D eigenvalue weighted by Gasteiger charge is -2.13. The molecule has 0 N–H and O–H groups in total. The van der Waals surface area contributed by atoms with Gasteiger partial charge in [-0.3, -0.25) is 14.5 Å². The van der Waals surface area contributed by atoms with E-state index in [4.69, 9.17) is 21.1 Å². The number of amides is 2. The third-order valence-corrected chi connectivity index (χ3v) is 7.63. The Labute approximate surface area is 238 Å². The third-order valence-electron chi connectivity index (χ3n) is 4.95. The summed E-state index contributed by atoms with van der Waals surface area (Å²) in [6.07, 6.45) is 1.63. The highest BCUT2D eigenvalue weighted by atomic mass is 127. The molecule has 1 fully saturated rings. The van der Waals surface area contributed by atoms with E-state index in [1.54, 1.807) is 42.5 Å². The predicted octanol–water partition coefficient (Wildman–Crippen LogP) is 7.01. The first-order valence-electron chi connectivity index (χ1n) is 10.1. The summed E-state index contributed by atoms with van der Waals surface area (Å²) in [6.45, 7) is 0.208. The largest absolute Gasteiger partial charge is 0.493 e. The van der Waals surface area contributed by atoms with Crippen molar-refractivity contribution in [3.8, 4) is 11.5 Å². The lowest BCUT2D eigenvalue weighted by Crippen LogP contribution is -2.27. The van der Waals surface area contributed by atoms with Crippen LogP contribution in [0.25, 0.3) is 6.08 Å². The maximum atomic E-state index is 12.9. The first-order valence-corrected chi connectivity index (χ1v) is 13.5. The van der Waals surface area contributed by atoms with Crippen molar-refractivity contribution >= 4 is 91.7 Å². The van der Waals surface area contributed by atoms with Gasteiger partial charge in [-0.15, -0.1) is 0 Å². The van der Waals surface area contributed by atoms with Crippen LogP contribution in [0.3, 0.4) is 0 Å². The summed E-state index contributed by atoms with van der Waals surface area (Å²) in [5.74, 6) is -0.325. The second kappa shape index (κ2) is 11.3. The van der Waals surface area contributed by atoms with Crippen LogP contribution < -0.4 is 9.47 Å². The molecule has 1 aliphatic rings. The van der Waals surface area contributed by atoms with Gasteiger partial charge in [-0.2, -0.15) is 0 Å². The maximum absolute atomic E-state index is 12.9. The summed E-state index contributed by atoms with van der Waals surface area (Å²) in [5.41, 5.74) is 1.85. The molecule has 0 bridgehead atoms. The molecule has 4 rings (SSSR count). The topological polar surface area (TPSA) is 72.9 Å². The molecule has 10 heteroatoms. The molecule has 1 saturated heterocycles. The second-order valence-electron chi connectivity index (χ2n) is 7.32. The van der Waals surface area contributed by atoms with Gasteiger partial charge in [-0.05, 0) is 123 Å². The van der Waals surface area contributed by atoms with Crippen LogP contribution in [0.15, 0.2) is 65.6 Å². The normalized spacial score (nSPS) is 14.5. The zero-order valence-corrected chi connectivity index (χ0v) is 24.0. The first-order chi connectivity index (χ1) is 16.7. The van der Waals surface area contributed by atoms with Crippen LogP contribution in [0.4, 0.5) is 4.79 Å². The zero-order valence-electron chi connectivity index (χ0n) is 18.1. The van der Waals surface area contributed by atoms with Gasteiger partial charge in [0.15, 0.2) is 11.5 Å². The molecule has 6 nitrogen and oxygen atoms in total. The molecule has 0 saturated carbocycles. The molecule has 35 heavy (non-hydrogen) atoms. The number of ether oxygens (including phenoxy) is 2. The average molecular weight is 732 g/mol. The average Bonchev–Trinajstić information content (AvgIpc) is 3.09. The summed E-state index contributed by atoms with van der Waals surface area (Å²) in [6, 6.07) is 17.4. The van der Waals surface area contributed by atoms with E-state index in [2.05, 4.69) is 22.6 Å². The number of thioether (sulfide) groups is 1. The van der Waals surface area contributed by atoms with Crippen LogP contribution >= 0.6 is 68.5 Å². The Balaban J connectivity index is 1.55. The van der Waals surface area contributed by atoms with Gasteiger partial charge < -0.3 is 9.47 Å². The molecule has 0 radical (unpaired) electrons. The number of carbonyl (C=O) groups excluding carboxylic acids is 3. The number of hydrogen-bond donors (Lipinski definition) is 0. The molecule has 3 aromatic rings. The van der Waals surface area contributed by atoms with E-state index in [9.17, 15) is 14.4 Å². The number of methoxy groups -OCH3 is 1. The molecule has 0 aromatic heterocycles. The predicted molar refractivity (Wildman–Crippen MR) is 153 cm³/mol. The molecule has 0 unspecified atom stereocenters. The van der Waals surface area contributed by atoms with Gasteiger partial charge in [-0.25, -0.2) is 4.79 Å². The summed E-state index contributed by atoms with van der Waals surface area (Å²) >= 11 is 11.0. The Morgan fingerprint density at radius 1 is 1.06 bits per heavy atom. The van der Waals surface area contributed by atoms with Crippen LogP contribution in [-0.4, -0.2) is 29.1 Å². The zero-order chi connectivity index (χ0) is 25.1. The van der Waals surface area contributed by atoms with Gasteiger partial charge in [-0.1, -0.05) is 23.7 Å². The number of benzene rings is 3. The molecular formula is C25H16ClI2NO5S. The minimum Gasteiger partial charge on any atom is -0.493 e. The summed E-state index contributed by atoms with van der Waals surface area (Å²) < 4.78 is 12.7. The second-order valence-corrected chi connectivity index (χ2v) is 11.2. The van der Waals surface area contributed by atoms with Crippen molar-refractivity contribution in [3.63, 3.8) is 0 Å². The molecule has 1 heterocycles. The Morgan fingerprint density at radius 3 is 2.40 bits per heavy atom. The SMILES string of the molecule is COc1cc(/C=C2\SC(=O)N(Cc3ccc(I)cc3)C2=O)cc(I)c1OC(=O)c1ccc(Cl)cc1. The van der Waals surface area contributed by atoms with Gasteiger partial charge in [0.2, 0.25) is 0 Å². The number of rotatable bonds is 6. The Morgan fingerprint density at radius 2 is 1.74 bits per heavy atom. The fourth-order valence-electron chi connectivity index (χ4n) is 3.22. The monoisotopic (exact) mass is 731 g/mol.